The summed E-state index contributed by atoms with van der Waals surface area (Å²) in [6.07, 6.45) is -3.82. The van der Waals surface area contributed by atoms with Crippen molar-refractivity contribution in [3.63, 3.8) is 0 Å². The molecular formula is C14H23N5O6. The Balaban J connectivity index is 2.48. The monoisotopic (exact) mass is 357 g/mol. The van der Waals surface area contributed by atoms with Crippen molar-refractivity contribution in [2.24, 2.45) is 5.73 Å². The van der Waals surface area contributed by atoms with E-state index in [-0.39, 0.29) is 17.1 Å². The van der Waals surface area contributed by atoms with Crippen molar-refractivity contribution in [2.75, 3.05) is 12.3 Å². The molecule has 0 aliphatic carbocycles. The van der Waals surface area contributed by atoms with Crippen molar-refractivity contribution in [1.29, 1.82) is 0 Å². The molecule has 0 saturated carbocycles. The normalized spacial score (nSPS) is 26.7. The summed E-state index contributed by atoms with van der Waals surface area (Å²) < 4.78 is 5.28. The average Bonchev–Trinajstić information content (AvgIpc) is 2.96. The van der Waals surface area contributed by atoms with E-state index in [9.17, 15) is 24.9 Å². The molecule has 1 saturated heterocycles. The fraction of sp³-hybridized carbons (Fsp3) is 0.643. The van der Waals surface area contributed by atoms with E-state index in [1.807, 2.05) is 0 Å². The highest BCUT2D eigenvalue weighted by molar-refractivity contribution is 5.96. The number of hydrogen-bond donors (Lipinski definition) is 6. The fourth-order valence-electron chi connectivity index (χ4n) is 2.80. The minimum Gasteiger partial charge on any atom is -0.444 e. The second-order valence-electron chi connectivity index (χ2n) is 6.83. The molecule has 11 heteroatoms. The van der Waals surface area contributed by atoms with Gasteiger partial charge in [-0.25, -0.2) is 4.79 Å². The van der Waals surface area contributed by atoms with Gasteiger partial charge in [-0.15, -0.1) is 0 Å². The number of anilines is 1. The number of primary amides is 1. The summed E-state index contributed by atoms with van der Waals surface area (Å²) >= 11 is 0. The van der Waals surface area contributed by atoms with E-state index < -0.39 is 48.5 Å². The second kappa shape index (κ2) is 6.50. The number of nitrogens with two attached hydrogens (primary N) is 2. The lowest BCUT2D eigenvalue weighted by molar-refractivity contribution is -0.00104. The Hall–Kier alpha value is -2.37. The van der Waals surface area contributed by atoms with Gasteiger partial charge < -0.3 is 31.5 Å². The summed E-state index contributed by atoms with van der Waals surface area (Å²) in [5.74, 6) is -0.893. The van der Waals surface area contributed by atoms with Gasteiger partial charge in [0.05, 0.1) is 24.0 Å². The maximum atomic E-state index is 12.6. The number of nitrogens with zero attached hydrogens (tertiary/aromatic N) is 2. The molecule has 2 heterocycles. The zero-order chi connectivity index (χ0) is 19.1. The molecule has 140 valence electrons. The van der Waals surface area contributed by atoms with Crippen molar-refractivity contribution in [3.05, 3.63) is 11.4 Å². The number of aromatic amines is 1. The van der Waals surface area contributed by atoms with Crippen LogP contribution in [0.2, 0.25) is 0 Å². The van der Waals surface area contributed by atoms with E-state index in [0.717, 1.165) is 4.90 Å². The number of H-pyrrole nitrogens is 1. The number of hydrogen-bond acceptors (Lipinski definition) is 8. The van der Waals surface area contributed by atoms with Crippen molar-refractivity contribution in [2.45, 2.75) is 50.7 Å². The molecule has 0 spiro atoms. The quantitative estimate of drug-likeness (QED) is 0.375. The van der Waals surface area contributed by atoms with Gasteiger partial charge in [-0.2, -0.15) is 5.10 Å². The molecule has 2 amide bonds. The van der Waals surface area contributed by atoms with Crippen LogP contribution < -0.4 is 11.5 Å². The van der Waals surface area contributed by atoms with E-state index in [1.54, 1.807) is 20.8 Å². The average molecular weight is 357 g/mol. The Morgan fingerprint density at radius 1 is 1.32 bits per heavy atom. The first-order valence-corrected chi connectivity index (χ1v) is 7.61. The zero-order valence-electron chi connectivity index (χ0n) is 14.1. The SMILES string of the molecule is CC(C)(C)OC(=O)N1[C@H](CO)[C@@H](O)[C@@H](O)[C@@H]1c1[nH]nc(C(N)=O)c1N. The molecule has 1 fully saturated rings. The maximum absolute atomic E-state index is 12.6. The molecule has 0 unspecified atom stereocenters. The largest absolute Gasteiger partial charge is 0.444 e. The highest BCUT2D eigenvalue weighted by Crippen LogP contribution is 2.39. The number of likely N-dealkylation sites (tertiary alicyclic amines) is 1. The predicted octanol–water partition coefficient (Wildman–Crippen LogP) is -1.53. The van der Waals surface area contributed by atoms with Crippen LogP contribution in [0.15, 0.2) is 0 Å². The van der Waals surface area contributed by atoms with Crippen LogP contribution in [0, 0.1) is 0 Å². The highest BCUT2D eigenvalue weighted by atomic mass is 16.6. The third kappa shape index (κ3) is 3.38. The Morgan fingerprint density at radius 2 is 1.92 bits per heavy atom. The summed E-state index contributed by atoms with van der Waals surface area (Å²) in [4.78, 5) is 24.9. The molecule has 0 bridgehead atoms. The molecule has 1 aliphatic heterocycles. The van der Waals surface area contributed by atoms with Crippen LogP contribution in [0.4, 0.5) is 10.5 Å². The Bertz CT molecular complexity index is 669. The van der Waals surface area contributed by atoms with Gasteiger partial charge in [-0.05, 0) is 20.8 Å². The second-order valence-corrected chi connectivity index (χ2v) is 6.83. The van der Waals surface area contributed by atoms with E-state index >= 15 is 0 Å². The van der Waals surface area contributed by atoms with E-state index in [2.05, 4.69) is 10.2 Å². The summed E-state index contributed by atoms with van der Waals surface area (Å²) in [5, 5.41) is 36.2. The van der Waals surface area contributed by atoms with Crippen molar-refractivity contribution in [3.8, 4) is 0 Å². The van der Waals surface area contributed by atoms with Crippen molar-refractivity contribution < 1.29 is 29.6 Å². The molecule has 25 heavy (non-hydrogen) atoms. The number of carbonyl (C=O) groups excluding carboxylic acids is 2. The summed E-state index contributed by atoms with van der Waals surface area (Å²) in [7, 11) is 0. The number of aromatic nitrogens is 2. The molecule has 1 aromatic rings. The first-order valence-electron chi connectivity index (χ1n) is 7.61. The van der Waals surface area contributed by atoms with Gasteiger partial charge in [0.2, 0.25) is 0 Å². The Morgan fingerprint density at radius 3 is 2.36 bits per heavy atom. The lowest BCUT2D eigenvalue weighted by Gasteiger charge is -2.31. The lowest BCUT2D eigenvalue weighted by Crippen LogP contribution is -2.45. The molecule has 11 nitrogen and oxygen atoms in total. The minimum atomic E-state index is -1.49. The van der Waals surface area contributed by atoms with Gasteiger partial charge in [-0.1, -0.05) is 0 Å². The van der Waals surface area contributed by atoms with E-state index in [0.29, 0.717) is 0 Å². The van der Waals surface area contributed by atoms with E-state index in [1.165, 1.54) is 0 Å². The maximum Gasteiger partial charge on any atom is 0.411 e. The molecule has 0 aromatic carbocycles. The smallest absolute Gasteiger partial charge is 0.411 e. The van der Waals surface area contributed by atoms with E-state index in [4.69, 9.17) is 16.2 Å². The Labute approximate surface area is 143 Å². The topological polar surface area (TPSA) is 188 Å². The van der Waals surface area contributed by atoms with Crippen LogP contribution in [-0.2, 0) is 4.74 Å². The first-order chi connectivity index (χ1) is 11.5. The first kappa shape index (κ1) is 19.0. The van der Waals surface area contributed by atoms with Gasteiger partial charge >= 0.3 is 6.09 Å². The molecule has 4 atom stereocenters. The van der Waals surface area contributed by atoms with Gasteiger partial charge in [-0.3, -0.25) is 14.8 Å². The highest BCUT2D eigenvalue weighted by Gasteiger charge is 2.53. The third-order valence-electron chi connectivity index (χ3n) is 3.88. The van der Waals surface area contributed by atoms with Gasteiger partial charge in [0.15, 0.2) is 5.69 Å². The summed E-state index contributed by atoms with van der Waals surface area (Å²) in [6.45, 7) is 4.32. The third-order valence-corrected chi connectivity index (χ3v) is 3.88. The Kier molecular flexibility index (Phi) is 4.93. The molecule has 1 aliphatic rings. The minimum absolute atomic E-state index is 0.0159. The van der Waals surface area contributed by atoms with Crippen LogP contribution >= 0.6 is 0 Å². The van der Waals surface area contributed by atoms with Crippen LogP contribution in [0.25, 0.3) is 0 Å². The fourth-order valence-corrected chi connectivity index (χ4v) is 2.80. The number of amides is 2. The molecular weight excluding hydrogens is 334 g/mol. The number of ether oxygens (including phenoxy) is 1. The van der Waals surface area contributed by atoms with Crippen LogP contribution in [0.3, 0.4) is 0 Å². The molecule has 8 N–H and O–H groups in total. The molecule has 1 aromatic heterocycles. The van der Waals surface area contributed by atoms with Crippen LogP contribution in [-0.4, -0.2) is 72.9 Å². The lowest BCUT2D eigenvalue weighted by atomic mass is 10.0. The standard InChI is InChI=1S/C14H23N5O6/c1-14(2,3)25-13(24)19-5(4-20)10(21)11(22)9(19)7-6(15)8(12(16)23)18-17-7/h5,9-11,20-22H,4,15H2,1-3H3,(H2,16,23)(H,17,18)/t5-,9+,10-,11+/m1/s1. The number of aliphatic hydroxyl groups excluding tert-OH is 3. The van der Waals surface area contributed by atoms with Crippen molar-refractivity contribution in [1.82, 2.24) is 15.1 Å². The van der Waals surface area contributed by atoms with Crippen LogP contribution in [0.5, 0.6) is 0 Å². The predicted molar refractivity (Wildman–Crippen MR) is 85.2 cm³/mol. The number of rotatable bonds is 3. The molecule has 0 radical (unpaired) electrons. The van der Waals surface area contributed by atoms with Gasteiger partial charge in [0.1, 0.15) is 23.9 Å². The summed E-state index contributed by atoms with van der Waals surface area (Å²) in [6, 6.07) is -2.34. The molecule has 2 rings (SSSR count). The summed E-state index contributed by atoms with van der Waals surface area (Å²) in [5.41, 5.74) is 9.75. The number of carbonyl (C=O) groups is 2. The van der Waals surface area contributed by atoms with Gasteiger partial charge in [0.25, 0.3) is 5.91 Å². The van der Waals surface area contributed by atoms with Crippen LogP contribution in [0.1, 0.15) is 43.0 Å². The van der Waals surface area contributed by atoms with Crippen molar-refractivity contribution >= 4 is 17.7 Å². The number of aliphatic hydroxyl groups is 3. The number of nitrogen functional groups attached to an aromatic ring is 1. The van der Waals surface area contributed by atoms with Gasteiger partial charge in [0, 0.05) is 0 Å². The number of nitrogens with one attached hydrogen (secondary N) is 1. The zero-order valence-corrected chi connectivity index (χ0v) is 14.1.